The summed E-state index contributed by atoms with van der Waals surface area (Å²) in [5.41, 5.74) is 2.77. The molecule has 1 saturated heterocycles. The molecule has 9 heteroatoms. The van der Waals surface area contributed by atoms with E-state index in [1.165, 1.54) is 7.05 Å². The van der Waals surface area contributed by atoms with Crippen molar-refractivity contribution in [3.8, 4) is 0 Å². The third kappa shape index (κ3) is 3.15. The predicted molar refractivity (Wildman–Crippen MR) is 101 cm³/mol. The van der Waals surface area contributed by atoms with Gasteiger partial charge in [-0.3, -0.25) is 9.48 Å². The number of aromatic nitrogens is 2. The van der Waals surface area contributed by atoms with Gasteiger partial charge in [0.15, 0.2) is 0 Å². The van der Waals surface area contributed by atoms with Crippen molar-refractivity contribution >= 4 is 21.6 Å². The monoisotopic (exact) mass is 389 g/mol. The van der Waals surface area contributed by atoms with Crippen LogP contribution in [0.4, 0.5) is 5.69 Å². The van der Waals surface area contributed by atoms with E-state index in [1.807, 2.05) is 19.4 Å². The summed E-state index contributed by atoms with van der Waals surface area (Å²) in [4.78, 5) is 15.3. The van der Waals surface area contributed by atoms with Gasteiger partial charge in [0, 0.05) is 44.5 Å². The lowest BCUT2D eigenvalue weighted by molar-refractivity contribution is -0.122. The highest BCUT2D eigenvalue weighted by molar-refractivity contribution is 7.89. The van der Waals surface area contributed by atoms with Crippen molar-refractivity contribution < 1.29 is 13.2 Å². The van der Waals surface area contributed by atoms with Crippen LogP contribution in [-0.4, -0.2) is 50.8 Å². The second kappa shape index (κ2) is 6.74. The molecular formula is C18H23N5O3S. The summed E-state index contributed by atoms with van der Waals surface area (Å²) in [6.45, 7) is 1.96. The van der Waals surface area contributed by atoms with E-state index in [-0.39, 0.29) is 22.6 Å². The minimum atomic E-state index is -3.49. The standard InChI is InChI=1S/C18H23N5O3S/c1-19-27(25,26)14-3-4-17-12(7-14)5-6-23(17)18(24)16-10-20-9-15(16)13-8-21-22(2)11-13/h3-4,7-8,11,15-16,19-20H,5-6,9-10H2,1-2H3/t15-,16+/m1/s1. The Morgan fingerprint density at radius 1 is 1.33 bits per heavy atom. The molecule has 1 fully saturated rings. The number of amides is 1. The Kier molecular flexibility index (Phi) is 4.53. The number of carbonyl (C=O) groups excluding carboxylic acids is 1. The lowest BCUT2D eigenvalue weighted by Gasteiger charge is -2.24. The van der Waals surface area contributed by atoms with E-state index in [0.717, 1.165) is 23.4 Å². The van der Waals surface area contributed by atoms with E-state index in [9.17, 15) is 13.2 Å². The maximum atomic E-state index is 13.3. The molecule has 0 unspecified atom stereocenters. The van der Waals surface area contributed by atoms with Crippen LogP contribution >= 0.6 is 0 Å². The van der Waals surface area contributed by atoms with Crippen molar-refractivity contribution in [2.75, 3.05) is 31.6 Å². The molecule has 0 saturated carbocycles. The molecule has 1 aromatic heterocycles. The SMILES string of the molecule is CNS(=O)(=O)c1ccc2c(c1)CCN2C(=O)[C@H]1CNC[C@@H]1c1cnn(C)c1. The van der Waals surface area contributed by atoms with E-state index in [1.54, 1.807) is 27.8 Å². The van der Waals surface area contributed by atoms with Gasteiger partial charge in [-0.2, -0.15) is 5.10 Å². The molecular weight excluding hydrogens is 366 g/mol. The number of aryl methyl sites for hydroxylation is 1. The number of hydrogen-bond acceptors (Lipinski definition) is 5. The molecule has 0 spiro atoms. The number of hydrogen-bond donors (Lipinski definition) is 2. The number of fused-ring (bicyclic) bond motifs is 1. The summed E-state index contributed by atoms with van der Waals surface area (Å²) in [7, 11) is -0.224. The normalized spacial score (nSPS) is 22.2. The van der Waals surface area contributed by atoms with E-state index in [2.05, 4.69) is 15.1 Å². The molecule has 2 atom stereocenters. The topological polar surface area (TPSA) is 96.3 Å². The van der Waals surface area contributed by atoms with Gasteiger partial charge in [0.25, 0.3) is 0 Å². The minimum Gasteiger partial charge on any atom is -0.315 e. The Balaban J connectivity index is 1.60. The molecule has 3 heterocycles. The number of sulfonamides is 1. The highest BCUT2D eigenvalue weighted by Crippen LogP contribution is 2.35. The van der Waals surface area contributed by atoms with Crippen molar-refractivity contribution in [1.29, 1.82) is 0 Å². The first-order valence-electron chi connectivity index (χ1n) is 8.98. The Hall–Kier alpha value is -2.23. The Morgan fingerprint density at radius 3 is 2.85 bits per heavy atom. The van der Waals surface area contributed by atoms with Crippen molar-refractivity contribution in [2.45, 2.75) is 17.2 Å². The van der Waals surface area contributed by atoms with Gasteiger partial charge in [-0.05, 0) is 42.8 Å². The summed E-state index contributed by atoms with van der Waals surface area (Å²) < 4.78 is 28.1. The van der Waals surface area contributed by atoms with Crippen LogP contribution in [0.3, 0.4) is 0 Å². The fraction of sp³-hybridized carbons (Fsp3) is 0.444. The average molecular weight is 389 g/mol. The lowest BCUT2D eigenvalue weighted by Crippen LogP contribution is -2.37. The first-order valence-corrected chi connectivity index (χ1v) is 10.5. The predicted octanol–water partition coefficient (Wildman–Crippen LogP) is 0.221. The summed E-state index contributed by atoms with van der Waals surface area (Å²) in [6, 6.07) is 4.97. The largest absolute Gasteiger partial charge is 0.315 e. The van der Waals surface area contributed by atoms with Gasteiger partial charge in [0.2, 0.25) is 15.9 Å². The molecule has 1 aromatic carbocycles. The second-order valence-corrected chi connectivity index (χ2v) is 8.94. The second-order valence-electron chi connectivity index (χ2n) is 7.06. The highest BCUT2D eigenvalue weighted by atomic mass is 32.2. The zero-order valence-electron chi connectivity index (χ0n) is 15.3. The molecule has 2 aromatic rings. The molecule has 1 amide bonds. The van der Waals surface area contributed by atoms with Gasteiger partial charge in [-0.15, -0.1) is 0 Å². The first kappa shape index (κ1) is 18.1. The summed E-state index contributed by atoms with van der Waals surface area (Å²) in [5, 5.41) is 7.55. The third-order valence-electron chi connectivity index (χ3n) is 5.48. The zero-order chi connectivity index (χ0) is 19.2. The quantitative estimate of drug-likeness (QED) is 0.780. The highest BCUT2D eigenvalue weighted by Gasteiger charge is 2.39. The summed E-state index contributed by atoms with van der Waals surface area (Å²) >= 11 is 0. The van der Waals surface area contributed by atoms with E-state index in [0.29, 0.717) is 19.5 Å². The number of benzene rings is 1. The van der Waals surface area contributed by atoms with Crippen molar-refractivity contribution in [1.82, 2.24) is 19.8 Å². The Bertz CT molecular complexity index is 985. The average Bonchev–Trinajstić information content (AvgIpc) is 3.39. The summed E-state index contributed by atoms with van der Waals surface area (Å²) in [6.07, 6.45) is 4.45. The number of anilines is 1. The molecule has 2 aliphatic heterocycles. The van der Waals surface area contributed by atoms with Crippen LogP contribution in [0.2, 0.25) is 0 Å². The molecule has 27 heavy (non-hydrogen) atoms. The van der Waals surface area contributed by atoms with Crippen LogP contribution in [0.25, 0.3) is 0 Å². The molecule has 4 rings (SSSR count). The maximum Gasteiger partial charge on any atom is 0.240 e. The fourth-order valence-electron chi connectivity index (χ4n) is 4.01. The van der Waals surface area contributed by atoms with E-state index in [4.69, 9.17) is 0 Å². The van der Waals surface area contributed by atoms with Crippen LogP contribution in [0, 0.1) is 5.92 Å². The van der Waals surface area contributed by atoms with Crippen LogP contribution in [0.15, 0.2) is 35.5 Å². The molecule has 0 bridgehead atoms. The molecule has 8 nitrogen and oxygen atoms in total. The van der Waals surface area contributed by atoms with Gasteiger partial charge in [-0.25, -0.2) is 13.1 Å². The van der Waals surface area contributed by atoms with Gasteiger partial charge in [0.05, 0.1) is 17.0 Å². The molecule has 2 aliphatic rings. The summed E-state index contributed by atoms with van der Waals surface area (Å²) in [5.74, 6) is 0.0249. The number of nitrogens with one attached hydrogen (secondary N) is 2. The third-order valence-corrected chi connectivity index (χ3v) is 6.89. The lowest BCUT2D eigenvalue weighted by atomic mass is 9.90. The maximum absolute atomic E-state index is 13.3. The minimum absolute atomic E-state index is 0.0804. The van der Waals surface area contributed by atoms with Gasteiger partial charge >= 0.3 is 0 Å². The molecule has 0 aliphatic carbocycles. The van der Waals surface area contributed by atoms with Gasteiger partial charge in [-0.1, -0.05) is 0 Å². The molecule has 2 N–H and O–H groups in total. The van der Waals surface area contributed by atoms with Crippen molar-refractivity contribution in [3.63, 3.8) is 0 Å². The number of nitrogens with zero attached hydrogens (tertiary/aromatic N) is 3. The molecule has 144 valence electrons. The van der Waals surface area contributed by atoms with Crippen LogP contribution in [0.5, 0.6) is 0 Å². The zero-order valence-corrected chi connectivity index (χ0v) is 16.2. The Labute approximate surface area is 158 Å². The fourth-order valence-corrected chi connectivity index (χ4v) is 4.79. The van der Waals surface area contributed by atoms with Crippen molar-refractivity contribution in [3.05, 3.63) is 41.7 Å². The van der Waals surface area contributed by atoms with Gasteiger partial charge < -0.3 is 10.2 Å². The van der Waals surface area contributed by atoms with Gasteiger partial charge in [0.1, 0.15) is 0 Å². The first-order chi connectivity index (χ1) is 12.9. The number of carbonyl (C=O) groups is 1. The van der Waals surface area contributed by atoms with E-state index >= 15 is 0 Å². The van der Waals surface area contributed by atoms with Crippen LogP contribution < -0.4 is 14.9 Å². The number of rotatable bonds is 4. The smallest absolute Gasteiger partial charge is 0.240 e. The van der Waals surface area contributed by atoms with E-state index < -0.39 is 10.0 Å². The van der Waals surface area contributed by atoms with Crippen LogP contribution in [-0.2, 0) is 28.3 Å². The Morgan fingerprint density at radius 2 is 2.15 bits per heavy atom. The molecule has 0 radical (unpaired) electrons. The van der Waals surface area contributed by atoms with Crippen molar-refractivity contribution in [2.24, 2.45) is 13.0 Å². The van der Waals surface area contributed by atoms with Crippen LogP contribution in [0.1, 0.15) is 17.0 Å².